The van der Waals surface area contributed by atoms with E-state index in [1.54, 1.807) is 16.7 Å². The Bertz CT molecular complexity index is 1200. The molecule has 0 spiro atoms. The van der Waals surface area contributed by atoms with Gasteiger partial charge < -0.3 is 27.1 Å². The van der Waals surface area contributed by atoms with Crippen LogP contribution in [0, 0.1) is 0 Å². The molecule has 0 bridgehead atoms. The Kier molecular flexibility index (Phi) is 7.97. The third-order valence-electron chi connectivity index (χ3n) is 5.04. The first-order chi connectivity index (χ1) is 17.3. The summed E-state index contributed by atoms with van der Waals surface area (Å²) < 4.78 is 1.78. The summed E-state index contributed by atoms with van der Waals surface area (Å²) in [5.74, 6) is -1.59. The highest BCUT2D eigenvalue weighted by molar-refractivity contribution is 8.09. The van der Waals surface area contributed by atoms with Gasteiger partial charge in [0.1, 0.15) is 33.7 Å². The van der Waals surface area contributed by atoms with E-state index in [2.05, 4.69) is 20.9 Å². The van der Waals surface area contributed by atoms with Crippen molar-refractivity contribution in [2.75, 3.05) is 23.8 Å². The van der Waals surface area contributed by atoms with E-state index in [1.807, 2.05) is 6.08 Å². The van der Waals surface area contributed by atoms with Gasteiger partial charge in [0, 0.05) is 29.2 Å². The van der Waals surface area contributed by atoms with Crippen LogP contribution >= 0.6 is 35.5 Å². The summed E-state index contributed by atoms with van der Waals surface area (Å²) in [5.41, 5.74) is 13.8. The largest absolute Gasteiger partial charge is 0.477 e. The number of carboxylic acids is 1. The molecular formula is C20H22N8O5S3. The van der Waals surface area contributed by atoms with Crippen molar-refractivity contribution in [3.63, 3.8) is 0 Å². The van der Waals surface area contributed by atoms with E-state index in [-0.39, 0.29) is 17.2 Å². The molecule has 0 aromatic carbocycles. The molecule has 8 N–H and O–H groups in total. The van der Waals surface area contributed by atoms with Gasteiger partial charge in [0.05, 0.1) is 0 Å². The smallest absolute Gasteiger partial charge is 0.353 e. The molecule has 1 fully saturated rings. The first kappa shape index (κ1) is 25.7. The van der Waals surface area contributed by atoms with Crippen LogP contribution < -0.4 is 22.2 Å². The maximum absolute atomic E-state index is 13.0. The average Bonchev–Trinajstić information content (AvgIpc) is 2.86. The van der Waals surface area contributed by atoms with Gasteiger partial charge in [-0.3, -0.25) is 19.9 Å². The average molecular weight is 551 g/mol. The summed E-state index contributed by atoms with van der Waals surface area (Å²) in [6.07, 6.45) is 5.35. The Hall–Kier alpha value is -3.34. The first-order valence-corrected chi connectivity index (χ1v) is 13.3. The number of carbonyl (C=O) groups excluding carboxylic acids is 2. The number of nitrogen functional groups attached to an aromatic ring is 1. The molecule has 1 aromatic heterocycles. The highest BCUT2D eigenvalue weighted by Gasteiger charge is 2.54. The lowest BCUT2D eigenvalue weighted by Crippen LogP contribution is -2.71. The molecule has 2 atom stereocenters. The van der Waals surface area contributed by atoms with Crippen molar-refractivity contribution in [3.05, 3.63) is 57.9 Å². The third-order valence-corrected chi connectivity index (χ3v) is 8.71. The zero-order valence-electron chi connectivity index (χ0n) is 18.5. The lowest BCUT2D eigenvalue weighted by Gasteiger charge is -2.49. The van der Waals surface area contributed by atoms with E-state index in [9.17, 15) is 24.7 Å². The van der Waals surface area contributed by atoms with E-state index >= 15 is 0 Å². The predicted molar refractivity (Wildman–Crippen MR) is 138 cm³/mol. The second-order valence-corrected chi connectivity index (χ2v) is 10.6. The molecule has 36 heavy (non-hydrogen) atoms. The van der Waals surface area contributed by atoms with Gasteiger partial charge in [0.2, 0.25) is 0 Å². The summed E-state index contributed by atoms with van der Waals surface area (Å²) in [7, 11) is 0. The number of carbonyl (C=O) groups is 3. The number of β-lactam (4-membered cyclic amide) rings is 1. The number of aromatic nitrogens is 1. The zero-order chi connectivity index (χ0) is 25.8. The Labute approximate surface area is 218 Å². The van der Waals surface area contributed by atoms with Crippen LogP contribution in [0.15, 0.2) is 57.3 Å². The highest BCUT2D eigenvalue weighted by atomic mass is 32.2. The molecule has 1 aromatic rings. The van der Waals surface area contributed by atoms with Gasteiger partial charge in [-0.1, -0.05) is 23.0 Å². The van der Waals surface area contributed by atoms with Crippen LogP contribution in [0.3, 0.4) is 0 Å². The summed E-state index contributed by atoms with van der Waals surface area (Å²) >= 11 is 4.00. The molecule has 0 radical (unpaired) electrons. The van der Waals surface area contributed by atoms with Gasteiger partial charge in [-0.2, -0.15) is 0 Å². The number of hydrogen-bond donors (Lipinski definition) is 6. The number of anilines is 1. The molecule has 16 heteroatoms. The number of fused-ring (bicyclic) bond motifs is 1. The molecule has 13 nitrogen and oxygen atoms in total. The molecule has 0 saturated carbocycles. The van der Waals surface area contributed by atoms with Crippen LogP contribution in [0.2, 0.25) is 0 Å². The van der Waals surface area contributed by atoms with Gasteiger partial charge in [-0.15, -0.1) is 11.8 Å². The number of hydrogen-bond acceptors (Lipinski definition) is 13. The molecule has 4 heterocycles. The topological polar surface area (TPSA) is 200 Å². The fourth-order valence-corrected chi connectivity index (χ4v) is 6.83. The maximum Gasteiger partial charge on any atom is 0.353 e. The number of nitrogens with one attached hydrogen (secondary N) is 2. The molecular weight excluding hydrogens is 528 g/mol. The van der Waals surface area contributed by atoms with Crippen molar-refractivity contribution < 1.29 is 24.7 Å². The molecule has 2 amide bonds. The Morgan fingerprint density at radius 3 is 2.89 bits per heavy atom. The number of allylic oxidation sites excluding steroid dienone is 2. The Morgan fingerprint density at radius 1 is 1.39 bits per heavy atom. The second-order valence-electron chi connectivity index (χ2n) is 7.35. The quantitative estimate of drug-likeness (QED) is 0.0793. The minimum absolute atomic E-state index is 0.0280. The SMILES string of the molecule is NCCSN1NC=CC=C1SC1=C(C(=O)O)N2C(=O)[C@@H](NC(=O)/C(=N\O)c3cccc(N)n3)[C@@H]2SC1. The van der Waals surface area contributed by atoms with Gasteiger partial charge in [0.15, 0.2) is 5.71 Å². The van der Waals surface area contributed by atoms with Crippen molar-refractivity contribution in [1.82, 2.24) is 25.0 Å². The minimum atomic E-state index is -1.25. The van der Waals surface area contributed by atoms with Gasteiger partial charge in [-0.25, -0.2) is 14.2 Å². The number of carboxylic acid groups (broad SMARTS) is 1. The van der Waals surface area contributed by atoms with Crippen LogP contribution in [0.5, 0.6) is 0 Å². The summed E-state index contributed by atoms with van der Waals surface area (Å²) in [6, 6.07) is 3.47. The molecule has 0 unspecified atom stereocenters. The molecule has 3 aliphatic heterocycles. The number of oxime groups is 1. The molecule has 190 valence electrons. The second kappa shape index (κ2) is 11.2. The van der Waals surface area contributed by atoms with Crippen molar-refractivity contribution in [2.24, 2.45) is 10.9 Å². The number of aliphatic carboxylic acids is 1. The van der Waals surface area contributed by atoms with Crippen molar-refractivity contribution in [1.29, 1.82) is 0 Å². The lowest BCUT2D eigenvalue weighted by molar-refractivity contribution is -0.150. The van der Waals surface area contributed by atoms with E-state index in [0.29, 0.717) is 23.0 Å². The van der Waals surface area contributed by atoms with Crippen molar-refractivity contribution >= 4 is 64.8 Å². The number of pyridine rings is 1. The van der Waals surface area contributed by atoms with Crippen molar-refractivity contribution in [2.45, 2.75) is 11.4 Å². The van der Waals surface area contributed by atoms with E-state index < -0.39 is 34.9 Å². The van der Waals surface area contributed by atoms with Crippen LogP contribution in [-0.2, 0) is 14.4 Å². The molecule has 3 aliphatic rings. The van der Waals surface area contributed by atoms with Crippen molar-refractivity contribution in [3.8, 4) is 0 Å². The summed E-state index contributed by atoms with van der Waals surface area (Å²) in [6.45, 7) is 0.469. The molecule has 4 rings (SSSR count). The van der Waals surface area contributed by atoms with Crippen LogP contribution in [0.25, 0.3) is 0 Å². The normalized spacial score (nSPS) is 21.4. The standard InChI is InChI=1S/C20H22N8O5S3/c21-6-8-35-28-13(5-2-7-23-28)36-11-9-34-19-15(18(30)27(19)16(11)20(31)32)25-17(29)14(26-33)10-3-1-4-12(22)24-10/h1-5,7,15,19,23,33H,6,8-9,21H2,(H2,22,24)(H,25,29)(H,31,32)/b26-14-/t15-,19+/m1/s1. The summed E-state index contributed by atoms with van der Waals surface area (Å²) in [5, 5.41) is 24.9. The molecule has 1 saturated heterocycles. The lowest BCUT2D eigenvalue weighted by atomic mass is 10.0. The highest BCUT2D eigenvalue weighted by Crippen LogP contribution is 2.46. The van der Waals surface area contributed by atoms with E-state index in [0.717, 1.165) is 5.03 Å². The third kappa shape index (κ3) is 5.11. The number of thioether (sulfide) groups is 2. The van der Waals surface area contributed by atoms with Gasteiger partial charge in [0.25, 0.3) is 11.8 Å². The van der Waals surface area contributed by atoms with Crippen LogP contribution in [-0.4, -0.2) is 77.6 Å². The maximum atomic E-state index is 13.0. The number of nitrogens with two attached hydrogens (primary N) is 2. The summed E-state index contributed by atoms with van der Waals surface area (Å²) in [4.78, 5) is 43.5. The Balaban J connectivity index is 1.50. The number of nitrogens with zero attached hydrogens (tertiary/aromatic N) is 4. The fourth-order valence-electron chi connectivity index (χ4n) is 3.49. The van der Waals surface area contributed by atoms with E-state index in [4.69, 9.17) is 11.5 Å². The predicted octanol–water partition coefficient (Wildman–Crippen LogP) is 0.0536. The van der Waals surface area contributed by atoms with Crippen LogP contribution in [0.1, 0.15) is 5.69 Å². The monoisotopic (exact) mass is 550 g/mol. The van der Waals surface area contributed by atoms with Crippen LogP contribution in [0.4, 0.5) is 5.82 Å². The van der Waals surface area contributed by atoms with E-state index in [1.165, 1.54) is 58.6 Å². The number of hydrazine groups is 1. The van der Waals surface area contributed by atoms with Gasteiger partial charge in [-0.05, 0) is 36.2 Å². The number of rotatable bonds is 9. The molecule has 0 aliphatic carbocycles. The first-order valence-electron chi connectivity index (χ1n) is 10.5. The zero-order valence-corrected chi connectivity index (χ0v) is 21.0. The fraction of sp³-hybridized carbons (Fsp3) is 0.250. The minimum Gasteiger partial charge on any atom is -0.477 e. The number of amides is 2. The van der Waals surface area contributed by atoms with Gasteiger partial charge >= 0.3 is 5.97 Å². The Morgan fingerprint density at radius 2 is 2.19 bits per heavy atom.